The van der Waals surface area contributed by atoms with Crippen molar-refractivity contribution in [3.63, 3.8) is 0 Å². The molecule has 6 nitrogen and oxygen atoms in total. The predicted molar refractivity (Wildman–Crippen MR) is 45.3 cm³/mol. The van der Waals surface area contributed by atoms with Crippen LogP contribution in [0.3, 0.4) is 0 Å². The molecular formula is C5H8B2F2O6. The number of rotatable bonds is 6. The lowest BCUT2D eigenvalue weighted by atomic mass is 10.1. The minimum absolute atomic E-state index is 0.764. The molecule has 0 spiro atoms. The fraction of sp³-hybridized carbons (Fsp3) is 0.600. The van der Waals surface area contributed by atoms with Gasteiger partial charge < -0.3 is 19.4 Å². The van der Waals surface area contributed by atoms with Crippen molar-refractivity contribution in [1.82, 2.24) is 0 Å². The van der Waals surface area contributed by atoms with Gasteiger partial charge in [0, 0.05) is 0 Å². The molecular weight excluding hydrogens is 216 g/mol. The average molecular weight is 224 g/mol. The summed E-state index contributed by atoms with van der Waals surface area (Å²) in [5, 5.41) is 16.4. The Kier molecular flexibility index (Phi) is 5.40. The van der Waals surface area contributed by atoms with Crippen molar-refractivity contribution in [2.24, 2.45) is 0 Å². The normalized spacial score (nSPS) is 12.9. The zero-order valence-corrected chi connectivity index (χ0v) is 7.77. The lowest BCUT2D eigenvalue weighted by molar-refractivity contribution is -0.180. The first-order valence-electron chi connectivity index (χ1n) is 3.76. The number of alkyl halides is 2. The van der Waals surface area contributed by atoms with Crippen LogP contribution in [0.2, 0.25) is 0 Å². The fourth-order valence-electron chi connectivity index (χ4n) is 0.814. The molecule has 0 aromatic heterocycles. The van der Waals surface area contributed by atoms with Crippen molar-refractivity contribution in [2.45, 2.75) is 19.0 Å². The molecule has 0 amide bonds. The molecule has 15 heavy (non-hydrogen) atoms. The van der Waals surface area contributed by atoms with Crippen LogP contribution in [-0.2, 0) is 18.9 Å². The molecule has 0 heterocycles. The summed E-state index contributed by atoms with van der Waals surface area (Å²) in [6, 6.07) is 0. The maximum Gasteiger partial charge on any atom is 0.506 e. The number of carbonyl (C=O) groups excluding carboxylic acids is 2. The summed E-state index contributed by atoms with van der Waals surface area (Å²) >= 11 is 0. The molecule has 0 aromatic carbocycles. The van der Waals surface area contributed by atoms with E-state index >= 15 is 0 Å². The average Bonchev–Trinajstić information content (AvgIpc) is 2.13. The molecule has 2 N–H and O–H groups in total. The van der Waals surface area contributed by atoms with Crippen LogP contribution in [0.1, 0.15) is 6.92 Å². The van der Waals surface area contributed by atoms with Crippen LogP contribution >= 0.6 is 0 Å². The van der Waals surface area contributed by atoms with Gasteiger partial charge in [-0.3, -0.25) is 4.79 Å². The van der Waals surface area contributed by atoms with Gasteiger partial charge in [-0.25, -0.2) is 4.79 Å². The van der Waals surface area contributed by atoms with Crippen LogP contribution in [0.15, 0.2) is 0 Å². The molecule has 0 aliphatic heterocycles. The van der Waals surface area contributed by atoms with Crippen molar-refractivity contribution in [3.05, 3.63) is 0 Å². The van der Waals surface area contributed by atoms with Gasteiger partial charge in [0.25, 0.3) is 0 Å². The summed E-state index contributed by atoms with van der Waals surface area (Å²) in [6.45, 7) is 0.764. The fourth-order valence-corrected chi connectivity index (χ4v) is 0.814. The molecule has 0 fully saturated rings. The van der Waals surface area contributed by atoms with Crippen LogP contribution in [-0.4, -0.2) is 49.2 Å². The van der Waals surface area contributed by atoms with Gasteiger partial charge in [-0.2, -0.15) is 8.78 Å². The molecule has 0 bridgehead atoms. The van der Waals surface area contributed by atoms with Gasteiger partial charge in [-0.05, 0) is 6.92 Å². The second-order valence-corrected chi connectivity index (χ2v) is 2.47. The van der Waals surface area contributed by atoms with E-state index in [0.29, 0.717) is 0 Å². The molecule has 0 saturated heterocycles. The summed E-state index contributed by atoms with van der Waals surface area (Å²) in [5.74, 6) is -7.50. The molecule has 1 atom stereocenters. The number of halogens is 2. The summed E-state index contributed by atoms with van der Waals surface area (Å²) < 4.78 is 33.8. The van der Waals surface area contributed by atoms with Gasteiger partial charge in [-0.15, -0.1) is 0 Å². The zero-order valence-electron chi connectivity index (χ0n) is 7.77. The van der Waals surface area contributed by atoms with E-state index in [1.54, 1.807) is 0 Å². The highest BCUT2D eigenvalue weighted by Gasteiger charge is 2.51. The predicted octanol–water partition coefficient (Wildman–Crippen LogP) is -2.34. The standard InChI is InChI=1S/C5H8B2F2O6/c1-2(10)3(14-6-12)5(8,9)4(11)15-7-13/h3,6-7,12-13H,1H3. The molecule has 10 heteroatoms. The minimum Gasteiger partial charge on any atom is -0.508 e. The quantitative estimate of drug-likeness (QED) is 0.490. The third kappa shape index (κ3) is 3.57. The molecule has 0 rings (SSSR count). The number of hydrogen-bond acceptors (Lipinski definition) is 6. The van der Waals surface area contributed by atoms with Gasteiger partial charge in [-0.1, -0.05) is 0 Å². The first-order valence-corrected chi connectivity index (χ1v) is 3.76. The maximum absolute atomic E-state index is 13.1. The van der Waals surface area contributed by atoms with E-state index in [4.69, 9.17) is 10.0 Å². The van der Waals surface area contributed by atoms with Crippen LogP contribution < -0.4 is 0 Å². The molecule has 1 unspecified atom stereocenters. The number of Topliss-reactive ketones (excluding diaryl/α,β-unsaturated/α-hetero) is 1. The van der Waals surface area contributed by atoms with E-state index in [9.17, 15) is 18.4 Å². The summed E-state index contributed by atoms with van der Waals surface area (Å²) in [6.07, 6.45) is -2.43. The molecule has 0 aliphatic rings. The van der Waals surface area contributed by atoms with Crippen molar-refractivity contribution in [1.29, 1.82) is 0 Å². The van der Waals surface area contributed by atoms with E-state index in [2.05, 4.69) is 9.31 Å². The van der Waals surface area contributed by atoms with Gasteiger partial charge in [0.2, 0.25) is 0 Å². The highest BCUT2D eigenvalue weighted by Crippen LogP contribution is 2.23. The topological polar surface area (TPSA) is 93.1 Å². The van der Waals surface area contributed by atoms with Crippen molar-refractivity contribution in [2.75, 3.05) is 0 Å². The summed E-state index contributed by atoms with van der Waals surface area (Å²) in [5.41, 5.74) is 0. The second-order valence-electron chi connectivity index (χ2n) is 2.47. The monoisotopic (exact) mass is 224 g/mol. The Labute approximate surface area is 84.8 Å². The van der Waals surface area contributed by atoms with Gasteiger partial charge in [0.05, 0.1) is 0 Å². The van der Waals surface area contributed by atoms with E-state index < -0.39 is 39.1 Å². The Morgan fingerprint density at radius 1 is 1.33 bits per heavy atom. The van der Waals surface area contributed by atoms with Gasteiger partial charge in [0.1, 0.15) is 0 Å². The largest absolute Gasteiger partial charge is 0.508 e. The van der Waals surface area contributed by atoms with E-state index in [1.165, 1.54) is 0 Å². The second kappa shape index (κ2) is 5.79. The van der Waals surface area contributed by atoms with Crippen molar-refractivity contribution in [3.8, 4) is 0 Å². The lowest BCUT2D eigenvalue weighted by Gasteiger charge is -2.22. The molecule has 0 aliphatic carbocycles. The van der Waals surface area contributed by atoms with E-state index in [1.807, 2.05) is 0 Å². The van der Waals surface area contributed by atoms with E-state index in [0.717, 1.165) is 6.92 Å². The van der Waals surface area contributed by atoms with Crippen molar-refractivity contribution >= 4 is 27.1 Å². The lowest BCUT2D eigenvalue weighted by Crippen LogP contribution is -2.49. The van der Waals surface area contributed by atoms with Crippen LogP contribution in [0.25, 0.3) is 0 Å². The summed E-state index contributed by atoms with van der Waals surface area (Å²) in [7, 11) is -2.38. The first kappa shape index (κ1) is 14.0. The number of hydrogen-bond donors (Lipinski definition) is 2. The number of carbonyl (C=O) groups is 2. The molecule has 0 saturated carbocycles. The van der Waals surface area contributed by atoms with Crippen LogP contribution in [0.5, 0.6) is 0 Å². The molecule has 0 radical (unpaired) electrons. The van der Waals surface area contributed by atoms with E-state index in [-0.39, 0.29) is 0 Å². The Morgan fingerprint density at radius 3 is 2.20 bits per heavy atom. The van der Waals surface area contributed by atoms with Crippen molar-refractivity contribution < 1.29 is 37.7 Å². The molecule has 0 aromatic rings. The Hall–Kier alpha value is -0.990. The minimum atomic E-state index is -4.25. The Bertz CT molecular complexity index is 248. The Balaban J connectivity index is 4.76. The van der Waals surface area contributed by atoms with Gasteiger partial charge in [0.15, 0.2) is 11.9 Å². The number of ketones is 1. The smallest absolute Gasteiger partial charge is 0.506 e. The maximum atomic E-state index is 13.1. The van der Waals surface area contributed by atoms with Crippen LogP contribution in [0, 0.1) is 0 Å². The SMILES string of the molecule is CC(=O)C(OBO)C(F)(F)C(=O)OBO. The van der Waals surface area contributed by atoms with Gasteiger partial charge >= 0.3 is 27.3 Å². The third-order valence-corrected chi connectivity index (χ3v) is 1.41. The zero-order chi connectivity index (χ0) is 12.1. The Morgan fingerprint density at radius 2 is 1.87 bits per heavy atom. The summed E-state index contributed by atoms with van der Waals surface area (Å²) in [4.78, 5) is 21.3. The molecule has 84 valence electrons. The first-order chi connectivity index (χ1) is 6.87. The van der Waals surface area contributed by atoms with Crippen LogP contribution in [0.4, 0.5) is 8.78 Å². The third-order valence-electron chi connectivity index (χ3n) is 1.41. The highest BCUT2D eigenvalue weighted by atomic mass is 19.3. The highest BCUT2D eigenvalue weighted by molar-refractivity contribution is 6.21.